The van der Waals surface area contributed by atoms with E-state index >= 15 is 0 Å². The molecule has 0 fully saturated rings. The lowest BCUT2D eigenvalue weighted by Gasteiger charge is -2.26. The number of nitrogens with zero attached hydrogens (tertiary/aromatic N) is 1. The quantitative estimate of drug-likeness (QED) is 0.485. The molecule has 0 aliphatic rings. The van der Waals surface area contributed by atoms with Crippen molar-refractivity contribution in [2.75, 3.05) is 13.2 Å². The van der Waals surface area contributed by atoms with Gasteiger partial charge in [-0.05, 0) is 40.8 Å². The predicted octanol–water partition coefficient (Wildman–Crippen LogP) is 3.32. The number of benzene rings is 3. The predicted molar refractivity (Wildman–Crippen MR) is 107 cm³/mol. The van der Waals surface area contributed by atoms with Crippen LogP contribution in [-0.2, 0) is 13.6 Å². The SMILES string of the molecule is Cn1cc(CNC(C)(CO)CO)c2ccc3cc4ccccc4cc3c21. The van der Waals surface area contributed by atoms with Crippen molar-refractivity contribution in [2.45, 2.75) is 19.0 Å². The van der Waals surface area contributed by atoms with E-state index in [2.05, 4.69) is 71.7 Å². The molecular weight excluding hydrogens is 324 g/mol. The first-order valence-corrected chi connectivity index (χ1v) is 8.91. The van der Waals surface area contributed by atoms with E-state index in [0.29, 0.717) is 6.54 Å². The van der Waals surface area contributed by atoms with Crippen molar-refractivity contribution < 1.29 is 10.2 Å². The van der Waals surface area contributed by atoms with Gasteiger partial charge in [0.25, 0.3) is 0 Å². The lowest BCUT2D eigenvalue weighted by molar-refractivity contribution is 0.103. The van der Waals surface area contributed by atoms with Crippen LogP contribution < -0.4 is 5.32 Å². The van der Waals surface area contributed by atoms with Gasteiger partial charge in [0.05, 0.1) is 24.3 Å². The van der Waals surface area contributed by atoms with Crippen LogP contribution in [0.4, 0.5) is 0 Å². The third-order valence-electron chi connectivity index (χ3n) is 5.31. The molecule has 1 aromatic heterocycles. The molecule has 0 saturated heterocycles. The standard InChI is InChI=1S/C22H24N2O2/c1-22(13-25,14-26)23-11-18-12-24(2)21-19(18)8-7-17-9-15-5-3-4-6-16(15)10-20(17)21/h3-10,12,23,25-26H,11,13-14H2,1-2H3. The summed E-state index contributed by atoms with van der Waals surface area (Å²) in [6, 6.07) is 17.3. The van der Waals surface area contributed by atoms with Gasteiger partial charge in [-0.2, -0.15) is 0 Å². The van der Waals surface area contributed by atoms with Gasteiger partial charge in [0, 0.05) is 30.6 Å². The maximum absolute atomic E-state index is 9.50. The number of aliphatic hydroxyl groups excluding tert-OH is 2. The highest BCUT2D eigenvalue weighted by Crippen LogP contribution is 2.32. The first kappa shape index (κ1) is 17.0. The van der Waals surface area contributed by atoms with Crippen molar-refractivity contribution in [3.8, 4) is 0 Å². The summed E-state index contributed by atoms with van der Waals surface area (Å²) in [5, 5.41) is 28.4. The summed E-state index contributed by atoms with van der Waals surface area (Å²) in [4.78, 5) is 0. The fraction of sp³-hybridized carbons (Fsp3) is 0.273. The minimum atomic E-state index is -0.685. The summed E-state index contributed by atoms with van der Waals surface area (Å²) in [5.41, 5.74) is 1.68. The number of nitrogens with one attached hydrogen (secondary N) is 1. The van der Waals surface area contributed by atoms with Crippen molar-refractivity contribution in [3.63, 3.8) is 0 Å². The summed E-state index contributed by atoms with van der Waals surface area (Å²) in [6.07, 6.45) is 2.13. The number of fused-ring (bicyclic) bond motifs is 4. The Labute approximate surface area is 152 Å². The van der Waals surface area contributed by atoms with E-state index in [4.69, 9.17) is 0 Å². The average molecular weight is 348 g/mol. The lowest BCUT2D eigenvalue weighted by Crippen LogP contribution is -2.48. The molecule has 0 spiro atoms. The van der Waals surface area contributed by atoms with Crippen molar-refractivity contribution in [1.29, 1.82) is 0 Å². The lowest BCUT2D eigenvalue weighted by atomic mass is 10.0. The molecule has 0 atom stereocenters. The van der Waals surface area contributed by atoms with Crippen LogP contribution >= 0.6 is 0 Å². The van der Waals surface area contributed by atoms with Crippen LogP contribution in [0, 0.1) is 0 Å². The molecule has 0 radical (unpaired) electrons. The van der Waals surface area contributed by atoms with Crippen LogP contribution in [0.3, 0.4) is 0 Å². The second-order valence-corrected chi connectivity index (χ2v) is 7.38. The zero-order valence-corrected chi connectivity index (χ0v) is 15.2. The molecule has 26 heavy (non-hydrogen) atoms. The highest BCUT2D eigenvalue weighted by atomic mass is 16.3. The van der Waals surface area contributed by atoms with Crippen molar-refractivity contribution in [1.82, 2.24) is 9.88 Å². The highest BCUT2D eigenvalue weighted by Gasteiger charge is 2.22. The fourth-order valence-electron chi connectivity index (χ4n) is 3.62. The minimum absolute atomic E-state index is 0.108. The molecule has 0 aliphatic carbocycles. The van der Waals surface area contributed by atoms with Gasteiger partial charge in [-0.1, -0.05) is 36.4 Å². The van der Waals surface area contributed by atoms with E-state index < -0.39 is 5.54 Å². The van der Waals surface area contributed by atoms with Gasteiger partial charge in [-0.25, -0.2) is 0 Å². The second-order valence-electron chi connectivity index (χ2n) is 7.38. The maximum atomic E-state index is 9.50. The molecule has 0 unspecified atom stereocenters. The molecule has 0 bridgehead atoms. The van der Waals surface area contributed by atoms with Gasteiger partial charge < -0.3 is 20.1 Å². The molecule has 3 N–H and O–H groups in total. The summed E-state index contributed by atoms with van der Waals surface area (Å²) in [5.74, 6) is 0. The van der Waals surface area contributed by atoms with Crippen molar-refractivity contribution in [3.05, 3.63) is 60.3 Å². The van der Waals surface area contributed by atoms with Gasteiger partial charge in [0.2, 0.25) is 0 Å². The first-order chi connectivity index (χ1) is 12.5. The van der Waals surface area contributed by atoms with E-state index in [1.54, 1.807) is 0 Å². The summed E-state index contributed by atoms with van der Waals surface area (Å²) in [6.45, 7) is 2.19. The molecule has 0 amide bonds. The molecule has 1 heterocycles. The van der Waals surface area contributed by atoms with Crippen LogP contribution in [-0.4, -0.2) is 33.5 Å². The van der Waals surface area contributed by atoms with Crippen LogP contribution in [0.1, 0.15) is 12.5 Å². The largest absolute Gasteiger partial charge is 0.394 e. The van der Waals surface area contributed by atoms with Crippen LogP contribution in [0.5, 0.6) is 0 Å². The van der Waals surface area contributed by atoms with Crippen LogP contribution in [0.2, 0.25) is 0 Å². The Morgan fingerprint density at radius 3 is 2.31 bits per heavy atom. The average Bonchev–Trinajstić information content (AvgIpc) is 3.00. The first-order valence-electron chi connectivity index (χ1n) is 8.91. The third-order valence-corrected chi connectivity index (χ3v) is 5.31. The molecule has 3 aromatic carbocycles. The van der Waals surface area contributed by atoms with Crippen LogP contribution in [0.25, 0.3) is 32.4 Å². The van der Waals surface area contributed by atoms with E-state index in [-0.39, 0.29) is 13.2 Å². The van der Waals surface area contributed by atoms with E-state index in [9.17, 15) is 10.2 Å². The Kier molecular flexibility index (Phi) is 4.19. The van der Waals surface area contributed by atoms with Gasteiger partial charge in [-0.3, -0.25) is 0 Å². The number of rotatable bonds is 5. The highest BCUT2D eigenvalue weighted by molar-refractivity contribution is 6.11. The molecule has 4 aromatic rings. The summed E-state index contributed by atoms with van der Waals surface area (Å²) in [7, 11) is 2.07. The number of aromatic nitrogens is 1. The number of aliphatic hydroxyl groups is 2. The molecule has 134 valence electrons. The van der Waals surface area contributed by atoms with Crippen LogP contribution in [0.15, 0.2) is 54.7 Å². The maximum Gasteiger partial charge on any atom is 0.0633 e. The zero-order valence-electron chi connectivity index (χ0n) is 15.2. The molecule has 4 nitrogen and oxygen atoms in total. The zero-order chi connectivity index (χ0) is 18.3. The van der Waals surface area contributed by atoms with Gasteiger partial charge in [0.15, 0.2) is 0 Å². The number of hydrogen-bond donors (Lipinski definition) is 3. The smallest absolute Gasteiger partial charge is 0.0633 e. The van der Waals surface area contributed by atoms with Gasteiger partial charge >= 0.3 is 0 Å². The van der Waals surface area contributed by atoms with E-state index in [1.165, 1.54) is 32.4 Å². The Balaban J connectivity index is 1.84. The summed E-state index contributed by atoms with van der Waals surface area (Å²) >= 11 is 0. The molecule has 0 saturated carbocycles. The Bertz CT molecular complexity index is 1090. The summed E-state index contributed by atoms with van der Waals surface area (Å²) < 4.78 is 2.17. The molecule has 0 aliphatic heterocycles. The van der Waals surface area contributed by atoms with Crippen molar-refractivity contribution >= 4 is 32.4 Å². The third kappa shape index (κ3) is 2.76. The normalized spacial score (nSPS) is 12.5. The topological polar surface area (TPSA) is 57.4 Å². The fourth-order valence-corrected chi connectivity index (χ4v) is 3.62. The molecule has 4 heteroatoms. The van der Waals surface area contributed by atoms with E-state index in [1.807, 2.05) is 6.92 Å². The number of aryl methyl sites for hydroxylation is 1. The monoisotopic (exact) mass is 348 g/mol. The Morgan fingerprint density at radius 2 is 1.62 bits per heavy atom. The Hall–Kier alpha value is -2.40. The van der Waals surface area contributed by atoms with Crippen molar-refractivity contribution in [2.24, 2.45) is 7.05 Å². The molecule has 4 rings (SSSR count). The number of hydrogen-bond acceptors (Lipinski definition) is 3. The van der Waals surface area contributed by atoms with Gasteiger partial charge in [-0.15, -0.1) is 0 Å². The minimum Gasteiger partial charge on any atom is -0.394 e. The van der Waals surface area contributed by atoms with E-state index in [0.717, 1.165) is 5.56 Å². The second kappa shape index (κ2) is 6.40. The van der Waals surface area contributed by atoms with Gasteiger partial charge in [0.1, 0.15) is 0 Å². The molecular formula is C22H24N2O2. The Morgan fingerprint density at radius 1 is 0.923 bits per heavy atom.